The van der Waals surface area contributed by atoms with Gasteiger partial charge in [-0.3, -0.25) is 0 Å². The Morgan fingerprint density at radius 2 is 2.10 bits per heavy atom. The largest absolute Gasteiger partial charge is 0.305 e. The van der Waals surface area contributed by atoms with Gasteiger partial charge in [-0.15, -0.1) is 11.6 Å². The fourth-order valence-corrected chi connectivity index (χ4v) is 4.52. The maximum Gasteiger partial charge on any atom is 0.246 e. The quantitative estimate of drug-likeness (QED) is 0.780. The van der Waals surface area contributed by atoms with Gasteiger partial charge in [-0.2, -0.15) is 4.31 Å². The molecule has 1 saturated heterocycles. The van der Waals surface area contributed by atoms with Crippen molar-refractivity contribution in [3.63, 3.8) is 0 Å². The molecule has 0 amide bonds. The molecule has 0 aromatic heterocycles. The monoisotopic (exact) mass is 354 g/mol. The van der Waals surface area contributed by atoms with Crippen LogP contribution in [0.15, 0.2) is 17.0 Å². The van der Waals surface area contributed by atoms with Crippen molar-refractivity contribution in [2.75, 3.05) is 27.2 Å². The van der Waals surface area contributed by atoms with Gasteiger partial charge in [0.1, 0.15) is 10.7 Å². The van der Waals surface area contributed by atoms with E-state index >= 15 is 0 Å². The summed E-state index contributed by atoms with van der Waals surface area (Å²) in [5, 5.41) is 0.161. The highest BCUT2D eigenvalue weighted by atomic mass is 35.5. The zero-order valence-electron chi connectivity index (χ0n) is 11.8. The summed E-state index contributed by atoms with van der Waals surface area (Å²) < 4.78 is 40.8. The summed E-state index contributed by atoms with van der Waals surface area (Å²) in [6, 6.07) is 2.62. The van der Waals surface area contributed by atoms with Crippen LogP contribution in [0.2, 0.25) is 5.02 Å². The Bertz CT molecular complexity index is 637. The van der Waals surface area contributed by atoms with Crippen LogP contribution in [0.1, 0.15) is 12.0 Å². The molecule has 2 rings (SSSR count). The van der Waals surface area contributed by atoms with Gasteiger partial charge in [0.2, 0.25) is 10.0 Å². The molecule has 1 unspecified atom stereocenters. The molecule has 1 atom stereocenters. The van der Waals surface area contributed by atoms with Crippen molar-refractivity contribution in [3.05, 3.63) is 28.5 Å². The van der Waals surface area contributed by atoms with Crippen LogP contribution < -0.4 is 0 Å². The highest BCUT2D eigenvalue weighted by molar-refractivity contribution is 7.89. The molecule has 0 saturated carbocycles. The average molecular weight is 355 g/mol. The molecule has 1 aromatic rings. The lowest BCUT2D eigenvalue weighted by molar-refractivity contribution is 0.302. The number of halogens is 3. The molecule has 21 heavy (non-hydrogen) atoms. The average Bonchev–Trinajstić information content (AvgIpc) is 2.91. The summed E-state index contributed by atoms with van der Waals surface area (Å²) in [5.74, 6) is -0.947. The van der Waals surface area contributed by atoms with Crippen molar-refractivity contribution in [1.82, 2.24) is 9.21 Å². The Morgan fingerprint density at radius 1 is 1.43 bits per heavy atom. The molecule has 1 heterocycles. The van der Waals surface area contributed by atoms with Crippen molar-refractivity contribution >= 4 is 33.2 Å². The van der Waals surface area contributed by atoms with Gasteiger partial charge < -0.3 is 4.90 Å². The first-order valence-corrected chi connectivity index (χ1v) is 8.83. The van der Waals surface area contributed by atoms with Crippen molar-refractivity contribution in [1.29, 1.82) is 0 Å². The second kappa shape index (κ2) is 6.38. The number of nitrogens with zero attached hydrogens (tertiary/aromatic N) is 2. The summed E-state index contributed by atoms with van der Waals surface area (Å²) in [6.07, 6.45) is 0.719. The van der Waals surface area contributed by atoms with E-state index in [0.717, 1.165) is 12.5 Å². The van der Waals surface area contributed by atoms with Crippen LogP contribution in [0.5, 0.6) is 0 Å². The summed E-state index contributed by atoms with van der Waals surface area (Å²) in [4.78, 5) is 1.57. The van der Waals surface area contributed by atoms with E-state index in [0.29, 0.717) is 13.1 Å². The van der Waals surface area contributed by atoms with E-state index in [-0.39, 0.29) is 22.5 Å². The predicted octanol–water partition coefficient (Wildman–Crippen LogP) is 2.54. The number of hydrogen-bond donors (Lipinski definition) is 0. The van der Waals surface area contributed by atoms with Gasteiger partial charge in [-0.25, -0.2) is 12.8 Å². The smallest absolute Gasteiger partial charge is 0.246 e. The fraction of sp³-hybridized carbons (Fsp3) is 0.538. The first kappa shape index (κ1) is 17.0. The summed E-state index contributed by atoms with van der Waals surface area (Å²) >= 11 is 11.5. The van der Waals surface area contributed by atoms with E-state index in [4.69, 9.17) is 23.2 Å². The SMILES string of the molecule is CN(C)C1CCN(S(=O)(=O)c2cc(Cl)cc(CCl)c2F)C1. The van der Waals surface area contributed by atoms with Crippen LogP contribution in [0.25, 0.3) is 0 Å². The Hall–Kier alpha value is -0.400. The zero-order chi connectivity index (χ0) is 15.8. The Kier molecular flexibility index (Phi) is 5.15. The number of likely N-dealkylation sites (N-methyl/N-ethyl adjacent to an activating group) is 1. The van der Waals surface area contributed by atoms with E-state index in [1.807, 2.05) is 19.0 Å². The molecule has 1 fully saturated rings. The molecule has 1 aliphatic heterocycles. The summed E-state index contributed by atoms with van der Waals surface area (Å²) in [5.41, 5.74) is 0.0890. The third-order valence-electron chi connectivity index (χ3n) is 3.70. The number of benzene rings is 1. The number of hydrogen-bond acceptors (Lipinski definition) is 3. The van der Waals surface area contributed by atoms with Gasteiger partial charge in [0.15, 0.2) is 0 Å². The van der Waals surface area contributed by atoms with Crippen molar-refractivity contribution < 1.29 is 12.8 Å². The Labute approximate surface area is 134 Å². The van der Waals surface area contributed by atoms with Gasteiger partial charge in [0, 0.05) is 29.7 Å². The zero-order valence-corrected chi connectivity index (χ0v) is 14.1. The van der Waals surface area contributed by atoms with Gasteiger partial charge in [0.05, 0.1) is 5.88 Å². The van der Waals surface area contributed by atoms with Crippen LogP contribution >= 0.6 is 23.2 Å². The molecule has 118 valence electrons. The lowest BCUT2D eigenvalue weighted by Gasteiger charge is -2.21. The van der Waals surface area contributed by atoms with Crippen LogP contribution in [0, 0.1) is 5.82 Å². The lowest BCUT2D eigenvalue weighted by Crippen LogP contribution is -2.34. The van der Waals surface area contributed by atoms with E-state index in [9.17, 15) is 12.8 Å². The number of rotatable bonds is 4. The minimum atomic E-state index is -3.90. The second-order valence-corrected chi connectivity index (χ2v) is 7.89. The predicted molar refractivity (Wildman–Crippen MR) is 81.8 cm³/mol. The first-order valence-electron chi connectivity index (χ1n) is 6.48. The third kappa shape index (κ3) is 3.35. The minimum absolute atomic E-state index is 0.0890. The molecule has 4 nitrogen and oxygen atoms in total. The highest BCUT2D eigenvalue weighted by Gasteiger charge is 2.35. The highest BCUT2D eigenvalue weighted by Crippen LogP contribution is 2.29. The second-order valence-electron chi connectivity index (χ2n) is 5.28. The Balaban J connectivity index is 2.39. The third-order valence-corrected chi connectivity index (χ3v) is 6.07. The maximum atomic E-state index is 14.3. The molecular weight excluding hydrogens is 338 g/mol. The van der Waals surface area contributed by atoms with Crippen molar-refractivity contribution in [2.45, 2.75) is 23.2 Å². The van der Waals surface area contributed by atoms with Crippen molar-refractivity contribution in [2.24, 2.45) is 0 Å². The number of alkyl halides is 1. The van der Waals surface area contributed by atoms with Gasteiger partial charge in [-0.1, -0.05) is 11.6 Å². The summed E-state index contributed by atoms with van der Waals surface area (Å²) in [7, 11) is -0.112. The molecule has 0 N–H and O–H groups in total. The van der Waals surface area contributed by atoms with Crippen LogP contribution in [-0.2, 0) is 15.9 Å². The molecule has 1 aliphatic rings. The standard InChI is InChI=1S/C13H17Cl2FN2O2S/c1-17(2)11-3-4-18(8-11)21(19,20)12-6-10(15)5-9(7-14)13(12)16/h5-6,11H,3-4,7-8H2,1-2H3. The first-order chi connectivity index (χ1) is 9.77. The van der Waals surface area contributed by atoms with Crippen LogP contribution in [0.3, 0.4) is 0 Å². The molecular formula is C13H17Cl2FN2O2S. The van der Waals surface area contributed by atoms with E-state index < -0.39 is 20.7 Å². The minimum Gasteiger partial charge on any atom is -0.305 e. The van der Waals surface area contributed by atoms with Gasteiger partial charge in [-0.05, 0) is 32.6 Å². The number of sulfonamides is 1. The Morgan fingerprint density at radius 3 is 2.62 bits per heavy atom. The normalized spacial score (nSPS) is 20.4. The molecule has 0 radical (unpaired) electrons. The fourth-order valence-electron chi connectivity index (χ4n) is 2.39. The molecule has 1 aromatic carbocycles. The molecule has 0 aliphatic carbocycles. The van der Waals surface area contributed by atoms with Crippen LogP contribution in [0.4, 0.5) is 4.39 Å². The molecule has 8 heteroatoms. The van der Waals surface area contributed by atoms with E-state index in [1.165, 1.54) is 10.4 Å². The van der Waals surface area contributed by atoms with E-state index in [1.54, 1.807) is 0 Å². The lowest BCUT2D eigenvalue weighted by atomic mass is 10.2. The molecule has 0 bridgehead atoms. The van der Waals surface area contributed by atoms with Crippen LogP contribution in [-0.4, -0.2) is 50.8 Å². The van der Waals surface area contributed by atoms with Crippen molar-refractivity contribution in [3.8, 4) is 0 Å². The maximum absolute atomic E-state index is 14.3. The summed E-state index contributed by atoms with van der Waals surface area (Å²) in [6.45, 7) is 0.713. The van der Waals surface area contributed by atoms with Gasteiger partial charge in [0.25, 0.3) is 0 Å². The van der Waals surface area contributed by atoms with Gasteiger partial charge >= 0.3 is 0 Å². The van der Waals surface area contributed by atoms with E-state index in [2.05, 4.69) is 0 Å². The topological polar surface area (TPSA) is 40.6 Å². The molecule has 0 spiro atoms.